The Morgan fingerprint density at radius 1 is 1.11 bits per heavy atom. The molecule has 0 heterocycles. The highest BCUT2D eigenvalue weighted by atomic mass is 16.4. The predicted molar refractivity (Wildman–Crippen MR) is 70.2 cm³/mol. The Balaban J connectivity index is 2.58. The van der Waals surface area contributed by atoms with Gasteiger partial charge < -0.3 is 10.4 Å². The molecular formula is C14H23NO3. The lowest BCUT2D eigenvalue weighted by molar-refractivity contribution is -0.133. The van der Waals surface area contributed by atoms with Crippen molar-refractivity contribution in [3.8, 4) is 0 Å². The first kappa shape index (κ1) is 14.7. The Morgan fingerprint density at radius 2 is 1.67 bits per heavy atom. The van der Waals surface area contributed by atoms with Gasteiger partial charge in [-0.1, -0.05) is 19.3 Å². The van der Waals surface area contributed by atoms with Crippen molar-refractivity contribution in [1.82, 2.24) is 5.32 Å². The highest BCUT2D eigenvalue weighted by Gasteiger charge is 2.22. The second-order valence-electron chi connectivity index (χ2n) is 5.22. The number of hydrogen-bond acceptors (Lipinski definition) is 2. The number of hydrogen-bond donors (Lipinski definition) is 2. The summed E-state index contributed by atoms with van der Waals surface area (Å²) in [5.41, 5.74) is 0.411. The predicted octanol–water partition coefficient (Wildman–Crippen LogP) is 2.49. The highest BCUT2D eigenvalue weighted by Crippen LogP contribution is 2.26. The Morgan fingerprint density at radius 3 is 2.17 bits per heavy atom. The fourth-order valence-corrected chi connectivity index (χ4v) is 2.40. The van der Waals surface area contributed by atoms with Gasteiger partial charge in [-0.2, -0.15) is 0 Å². The molecule has 4 nitrogen and oxygen atoms in total. The molecule has 0 aromatic carbocycles. The van der Waals surface area contributed by atoms with Crippen molar-refractivity contribution in [2.24, 2.45) is 5.92 Å². The first-order valence-electron chi connectivity index (χ1n) is 6.65. The van der Waals surface area contributed by atoms with Gasteiger partial charge in [-0.15, -0.1) is 0 Å². The summed E-state index contributed by atoms with van der Waals surface area (Å²) >= 11 is 0. The van der Waals surface area contributed by atoms with Crippen molar-refractivity contribution in [1.29, 1.82) is 0 Å². The molecule has 4 heteroatoms. The Kier molecular flexibility index (Phi) is 5.38. The minimum absolute atomic E-state index is 0.114. The molecule has 0 bridgehead atoms. The molecule has 1 amide bonds. The van der Waals surface area contributed by atoms with E-state index in [2.05, 4.69) is 5.32 Å². The van der Waals surface area contributed by atoms with Gasteiger partial charge in [-0.05, 0) is 39.5 Å². The van der Waals surface area contributed by atoms with E-state index in [0.717, 1.165) is 12.8 Å². The van der Waals surface area contributed by atoms with Crippen molar-refractivity contribution < 1.29 is 14.7 Å². The maximum atomic E-state index is 11.9. The van der Waals surface area contributed by atoms with Gasteiger partial charge in [0.1, 0.15) is 0 Å². The number of carbonyl (C=O) groups is 2. The fraction of sp³-hybridized carbons (Fsp3) is 0.714. The van der Waals surface area contributed by atoms with Crippen molar-refractivity contribution >= 4 is 11.9 Å². The monoisotopic (exact) mass is 253 g/mol. The second kappa shape index (κ2) is 6.57. The molecule has 1 saturated carbocycles. The molecule has 2 N–H and O–H groups in total. The SMILES string of the molecule is CC(C(=O)O)=C(C)C(=O)N[C@H](C)C1CCCCC1. The lowest BCUT2D eigenvalue weighted by Crippen LogP contribution is -2.39. The second-order valence-corrected chi connectivity index (χ2v) is 5.22. The van der Waals surface area contributed by atoms with Crippen LogP contribution in [0.25, 0.3) is 0 Å². The summed E-state index contributed by atoms with van der Waals surface area (Å²) in [5.74, 6) is -0.762. The molecule has 0 spiro atoms. The zero-order chi connectivity index (χ0) is 13.7. The van der Waals surface area contributed by atoms with Gasteiger partial charge in [0.2, 0.25) is 5.91 Å². The smallest absolute Gasteiger partial charge is 0.331 e. The summed E-state index contributed by atoms with van der Waals surface area (Å²) in [5, 5.41) is 11.8. The van der Waals surface area contributed by atoms with E-state index in [0.29, 0.717) is 11.5 Å². The molecule has 0 saturated heterocycles. The van der Waals surface area contributed by atoms with E-state index in [4.69, 9.17) is 5.11 Å². The topological polar surface area (TPSA) is 66.4 Å². The van der Waals surface area contributed by atoms with Crippen LogP contribution < -0.4 is 5.32 Å². The van der Waals surface area contributed by atoms with Gasteiger partial charge >= 0.3 is 5.97 Å². The third kappa shape index (κ3) is 3.86. The minimum Gasteiger partial charge on any atom is -0.478 e. The van der Waals surface area contributed by atoms with Crippen LogP contribution in [0.1, 0.15) is 52.9 Å². The summed E-state index contributed by atoms with van der Waals surface area (Å²) < 4.78 is 0. The standard InChI is InChI=1S/C14H23NO3/c1-9(10(2)14(17)18)13(16)15-11(3)12-7-5-4-6-8-12/h11-12H,4-8H2,1-3H3,(H,15,16)(H,17,18)/t11-/m1/s1. The normalized spacial score (nSPS) is 19.9. The number of nitrogens with one attached hydrogen (secondary N) is 1. The molecule has 0 aliphatic heterocycles. The van der Waals surface area contributed by atoms with Crippen LogP contribution in [0.5, 0.6) is 0 Å². The third-order valence-corrected chi connectivity index (χ3v) is 3.94. The molecule has 1 atom stereocenters. The highest BCUT2D eigenvalue weighted by molar-refractivity contribution is 6.01. The van der Waals surface area contributed by atoms with Gasteiger partial charge in [0, 0.05) is 17.2 Å². The molecule has 18 heavy (non-hydrogen) atoms. The van der Waals surface area contributed by atoms with Crippen LogP contribution in [0.2, 0.25) is 0 Å². The Labute approximate surface area is 108 Å². The summed E-state index contributed by atoms with van der Waals surface area (Å²) in [6, 6.07) is 0.120. The zero-order valence-corrected chi connectivity index (χ0v) is 11.5. The molecule has 1 fully saturated rings. The van der Waals surface area contributed by atoms with Crippen molar-refractivity contribution in [3.63, 3.8) is 0 Å². The summed E-state index contributed by atoms with van der Waals surface area (Å²) in [4.78, 5) is 22.7. The molecule has 1 aliphatic rings. The first-order valence-corrected chi connectivity index (χ1v) is 6.65. The third-order valence-electron chi connectivity index (χ3n) is 3.94. The van der Waals surface area contributed by atoms with Gasteiger partial charge in [-0.25, -0.2) is 4.79 Å². The van der Waals surface area contributed by atoms with Crippen molar-refractivity contribution in [2.45, 2.75) is 58.9 Å². The van der Waals surface area contributed by atoms with E-state index < -0.39 is 5.97 Å². The van der Waals surface area contributed by atoms with Crippen molar-refractivity contribution in [2.75, 3.05) is 0 Å². The maximum absolute atomic E-state index is 11.9. The number of aliphatic carboxylic acids is 1. The van der Waals surface area contributed by atoms with E-state index in [1.807, 2.05) is 6.92 Å². The van der Waals surface area contributed by atoms with Crippen LogP contribution in [0, 0.1) is 5.92 Å². The molecule has 102 valence electrons. The lowest BCUT2D eigenvalue weighted by Gasteiger charge is -2.28. The van der Waals surface area contributed by atoms with E-state index in [1.165, 1.54) is 26.2 Å². The number of rotatable bonds is 4. The first-order chi connectivity index (χ1) is 8.43. The van der Waals surface area contributed by atoms with Crippen LogP contribution in [-0.4, -0.2) is 23.0 Å². The molecule has 1 rings (SSSR count). The lowest BCUT2D eigenvalue weighted by atomic mass is 9.84. The molecule has 0 radical (unpaired) electrons. The fourth-order valence-electron chi connectivity index (χ4n) is 2.40. The Hall–Kier alpha value is -1.32. The van der Waals surface area contributed by atoms with Gasteiger partial charge in [0.15, 0.2) is 0 Å². The average Bonchev–Trinajstić information content (AvgIpc) is 2.37. The van der Waals surface area contributed by atoms with Crippen LogP contribution in [0.4, 0.5) is 0 Å². The van der Waals surface area contributed by atoms with E-state index in [-0.39, 0.29) is 17.5 Å². The number of carboxylic acid groups (broad SMARTS) is 1. The van der Waals surface area contributed by atoms with Crippen LogP contribution in [-0.2, 0) is 9.59 Å². The van der Waals surface area contributed by atoms with Crippen LogP contribution >= 0.6 is 0 Å². The van der Waals surface area contributed by atoms with Crippen molar-refractivity contribution in [3.05, 3.63) is 11.1 Å². The molecule has 0 unspecified atom stereocenters. The quantitative estimate of drug-likeness (QED) is 0.756. The number of carbonyl (C=O) groups excluding carboxylic acids is 1. The van der Waals surface area contributed by atoms with Gasteiger partial charge in [-0.3, -0.25) is 4.79 Å². The summed E-state index contributed by atoms with van der Waals surface area (Å²) in [6.45, 7) is 5.03. The Bertz CT molecular complexity index is 354. The average molecular weight is 253 g/mol. The van der Waals surface area contributed by atoms with Gasteiger partial charge in [0.05, 0.1) is 0 Å². The molecule has 1 aliphatic carbocycles. The number of carboxylic acids is 1. The van der Waals surface area contributed by atoms with E-state index in [9.17, 15) is 9.59 Å². The largest absolute Gasteiger partial charge is 0.478 e. The van der Waals surface area contributed by atoms with Crippen LogP contribution in [0.15, 0.2) is 11.1 Å². The zero-order valence-electron chi connectivity index (χ0n) is 11.5. The summed E-state index contributed by atoms with van der Waals surface area (Å²) in [7, 11) is 0. The minimum atomic E-state index is -1.03. The maximum Gasteiger partial charge on any atom is 0.331 e. The number of amides is 1. The molecule has 0 aromatic rings. The van der Waals surface area contributed by atoms with E-state index >= 15 is 0 Å². The van der Waals surface area contributed by atoms with Crippen LogP contribution in [0.3, 0.4) is 0 Å². The molecular weight excluding hydrogens is 230 g/mol. The van der Waals surface area contributed by atoms with E-state index in [1.54, 1.807) is 6.92 Å². The molecule has 0 aromatic heterocycles. The summed E-state index contributed by atoms with van der Waals surface area (Å²) in [6.07, 6.45) is 6.06. The van der Waals surface area contributed by atoms with Gasteiger partial charge in [0.25, 0.3) is 0 Å².